The summed E-state index contributed by atoms with van der Waals surface area (Å²) >= 11 is 6.33. The highest BCUT2D eigenvalue weighted by atomic mass is 35.5. The van der Waals surface area contributed by atoms with Crippen molar-refractivity contribution in [3.8, 4) is 23.1 Å². The molecule has 1 aliphatic rings. The fourth-order valence-corrected chi connectivity index (χ4v) is 4.16. The van der Waals surface area contributed by atoms with Crippen LogP contribution in [0.3, 0.4) is 0 Å². The first kappa shape index (κ1) is 24.9. The molecule has 1 aliphatic heterocycles. The van der Waals surface area contributed by atoms with Gasteiger partial charge in [-0.3, -0.25) is 9.59 Å². The molecule has 36 heavy (non-hydrogen) atoms. The van der Waals surface area contributed by atoms with Crippen LogP contribution in [0.25, 0.3) is 11.3 Å². The molecule has 1 aromatic heterocycles. The largest absolute Gasteiger partial charge is 0.497 e. The number of anilines is 1. The maximum atomic E-state index is 13.1. The van der Waals surface area contributed by atoms with Gasteiger partial charge >= 0.3 is 0 Å². The first-order chi connectivity index (χ1) is 17.3. The molecule has 0 bridgehead atoms. The Balaban J connectivity index is 1.46. The lowest BCUT2D eigenvalue weighted by molar-refractivity contribution is -0.122. The van der Waals surface area contributed by atoms with Gasteiger partial charge in [-0.25, -0.2) is 9.97 Å². The molecular formula is C26H25ClN6O3. The Hall–Kier alpha value is -4.16. The smallest absolute Gasteiger partial charge is 0.254 e. The average Bonchev–Trinajstić information content (AvgIpc) is 3.19. The van der Waals surface area contributed by atoms with Crippen molar-refractivity contribution in [2.75, 3.05) is 19.0 Å². The molecule has 2 heterocycles. The number of aromatic nitrogens is 2. The van der Waals surface area contributed by atoms with Crippen LogP contribution in [0.1, 0.15) is 41.4 Å². The minimum atomic E-state index is -0.480. The number of hydrogen-bond acceptors (Lipinski definition) is 7. The normalized spacial score (nSPS) is 14.0. The van der Waals surface area contributed by atoms with Gasteiger partial charge < -0.3 is 20.3 Å². The first-order valence-corrected chi connectivity index (χ1v) is 11.7. The van der Waals surface area contributed by atoms with Crippen LogP contribution in [0.5, 0.6) is 5.75 Å². The van der Waals surface area contributed by atoms with E-state index >= 15 is 0 Å². The number of hydrogen-bond donors (Lipinski definition) is 2. The molecule has 0 spiro atoms. The summed E-state index contributed by atoms with van der Waals surface area (Å²) in [5.74, 6) is 0.477. The van der Waals surface area contributed by atoms with Crippen molar-refractivity contribution in [1.82, 2.24) is 20.2 Å². The van der Waals surface area contributed by atoms with E-state index in [0.29, 0.717) is 34.1 Å². The van der Waals surface area contributed by atoms with Gasteiger partial charge in [0.15, 0.2) is 0 Å². The fourth-order valence-electron chi connectivity index (χ4n) is 3.96. The number of methoxy groups -OCH3 is 1. The molecule has 0 aliphatic carbocycles. The predicted molar refractivity (Wildman–Crippen MR) is 135 cm³/mol. The quantitative estimate of drug-likeness (QED) is 0.476. The summed E-state index contributed by atoms with van der Waals surface area (Å²) < 4.78 is 5.25. The van der Waals surface area contributed by atoms with Crippen molar-refractivity contribution in [2.24, 2.45) is 0 Å². The number of ether oxygens (including phenoxy) is 1. The highest BCUT2D eigenvalue weighted by Crippen LogP contribution is 2.31. The summed E-state index contributed by atoms with van der Waals surface area (Å²) in [6.07, 6.45) is 1.45. The topological polar surface area (TPSA) is 120 Å². The van der Waals surface area contributed by atoms with Gasteiger partial charge in [0.2, 0.25) is 11.9 Å². The van der Waals surface area contributed by atoms with E-state index in [9.17, 15) is 9.59 Å². The summed E-state index contributed by atoms with van der Waals surface area (Å²) in [4.78, 5) is 35.9. The van der Waals surface area contributed by atoms with Gasteiger partial charge in [-0.2, -0.15) is 5.26 Å². The van der Waals surface area contributed by atoms with Crippen LogP contribution in [0.15, 0.2) is 48.7 Å². The minimum absolute atomic E-state index is 0.0640. The molecule has 2 aromatic carbocycles. The maximum absolute atomic E-state index is 13.1. The number of nitriles is 1. The molecule has 2 atom stereocenters. The van der Waals surface area contributed by atoms with E-state index in [0.717, 1.165) is 11.1 Å². The Morgan fingerprint density at radius 2 is 2.08 bits per heavy atom. The summed E-state index contributed by atoms with van der Waals surface area (Å²) in [5.41, 5.74) is 3.30. The number of fused-ring (bicyclic) bond motifs is 1. The Labute approximate surface area is 214 Å². The highest BCUT2D eigenvalue weighted by molar-refractivity contribution is 6.33. The first-order valence-electron chi connectivity index (χ1n) is 11.3. The van der Waals surface area contributed by atoms with Crippen LogP contribution in [0.4, 0.5) is 5.95 Å². The average molecular weight is 505 g/mol. The lowest BCUT2D eigenvalue weighted by Gasteiger charge is -2.19. The molecule has 4 rings (SSSR count). The van der Waals surface area contributed by atoms with E-state index in [2.05, 4.69) is 26.7 Å². The minimum Gasteiger partial charge on any atom is -0.497 e. The Morgan fingerprint density at radius 3 is 2.83 bits per heavy atom. The Kier molecular flexibility index (Phi) is 7.36. The van der Waals surface area contributed by atoms with Crippen LogP contribution >= 0.6 is 11.6 Å². The zero-order chi connectivity index (χ0) is 25.8. The second kappa shape index (κ2) is 10.6. The van der Waals surface area contributed by atoms with Crippen LogP contribution in [-0.2, 0) is 11.3 Å². The number of nitrogens with one attached hydrogen (secondary N) is 2. The molecule has 0 radical (unpaired) electrons. The maximum Gasteiger partial charge on any atom is 0.254 e. The van der Waals surface area contributed by atoms with E-state index in [1.807, 2.05) is 43.3 Å². The second-order valence-electron chi connectivity index (χ2n) is 8.48. The molecule has 184 valence electrons. The molecule has 2 amide bonds. The van der Waals surface area contributed by atoms with Crippen LogP contribution in [-0.4, -0.2) is 46.4 Å². The van der Waals surface area contributed by atoms with Crippen LogP contribution in [0.2, 0.25) is 5.02 Å². The van der Waals surface area contributed by atoms with Crippen LogP contribution in [0, 0.1) is 11.3 Å². The van der Waals surface area contributed by atoms with Gasteiger partial charge in [-0.15, -0.1) is 0 Å². The summed E-state index contributed by atoms with van der Waals surface area (Å²) in [7, 11) is 1.59. The molecule has 0 saturated carbocycles. The monoisotopic (exact) mass is 504 g/mol. The van der Waals surface area contributed by atoms with Crippen LogP contribution < -0.4 is 15.4 Å². The van der Waals surface area contributed by atoms with Gasteiger partial charge in [0.25, 0.3) is 5.91 Å². The van der Waals surface area contributed by atoms with Crippen molar-refractivity contribution >= 4 is 29.4 Å². The number of rotatable bonds is 8. The Morgan fingerprint density at radius 1 is 1.28 bits per heavy atom. The second-order valence-corrected chi connectivity index (χ2v) is 8.89. The molecule has 2 N–H and O–H groups in total. The number of carbonyl (C=O) groups is 2. The number of halogens is 1. The van der Waals surface area contributed by atoms with Gasteiger partial charge in [0.1, 0.15) is 18.3 Å². The van der Waals surface area contributed by atoms with Gasteiger partial charge in [0.05, 0.1) is 36.1 Å². The number of nitrogens with zero attached hydrogens (tertiary/aromatic N) is 4. The zero-order valence-corrected chi connectivity index (χ0v) is 20.8. The van der Waals surface area contributed by atoms with Crippen molar-refractivity contribution in [2.45, 2.75) is 32.5 Å². The standard InChI is InChI=1S/C26H25ClN6O3/c1-15(11-28)30-26-29-12-22(27)24(32-26)18-7-8-19-13-33(25(35)21(19)10-18)14-23(34)31-16(2)17-5-4-6-20(9-17)36-3/h4-10,12,15-16H,13-14H2,1-3H3,(H,31,34)(H,29,30,32)/t15?,16-/m1/s1. The third-order valence-electron chi connectivity index (χ3n) is 5.85. The number of carbonyl (C=O) groups excluding carboxylic acids is 2. The number of benzene rings is 2. The van der Waals surface area contributed by atoms with Crippen molar-refractivity contribution < 1.29 is 14.3 Å². The highest BCUT2D eigenvalue weighted by Gasteiger charge is 2.30. The zero-order valence-electron chi connectivity index (χ0n) is 20.1. The van der Waals surface area contributed by atoms with Gasteiger partial charge in [0, 0.05) is 17.7 Å². The molecule has 9 nitrogen and oxygen atoms in total. The fraction of sp³-hybridized carbons (Fsp3) is 0.269. The molecule has 0 saturated heterocycles. The van der Waals surface area contributed by atoms with E-state index in [1.54, 1.807) is 20.1 Å². The Bertz CT molecular complexity index is 1360. The van der Waals surface area contributed by atoms with Crippen molar-refractivity contribution in [3.63, 3.8) is 0 Å². The number of amides is 2. The third kappa shape index (κ3) is 5.39. The van der Waals surface area contributed by atoms with E-state index in [-0.39, 0.29) is 30.3 Å². The van der Waals surface area contributed by atoms with Crippen molar-refractivity contribution in [3.05, 3.63) is 70.4 Å². The van der Waals surface area contributed by atoms with Gasteiger partial charge in [-0.05, 0) is 43.2 Å². The predicted octanol–water partition coefficient (Wildman–Crippen LogP) is 3.96. The summed E-state index contributed by atoms with van der Waals surface area (Å²) in [6.45, 7) is 3.84. The molecule has 10 heteroatoms. The van der Waals surface area contributed by atoms with E-state index in [4.69, 9.17) is 21.6 Å². The molecule has 1 unspecified atom stereocenters. The SMILES string of the molecule is COc1cccc([C@@H](C)NC(=O)CN2Cc3ccc(-c4nc(NC(C)C#N)ncc4Cl)cc3C2=O)c1. The third-order valence-corrected chi connectivity index (χ3v) is 6.13. The van der Waals surface area contributed by atoms with E-state index in [1.165, 1.54) is 11.1 Å². The van der Waals surface area contributed by atoms with Crippen molar-refractivity contribution in [1.29, 1.82) is 5.26 Å². The lowest BCUT2D eigenvalue weighted by atomic mass is 10.0. The van der Waals surface area contributed by atoms with E-state index < -0.39 is 6.04 Å². The molecule has 0 fully saturated rings. The van der Waals surface area contributed by atoms with Gasteiger partial charge in [-0.1, -0.05) is 35.9 Å². The summed E-state index contributed by atoms with van der Waals surface area (Å²) in [6, 6.07) is 14.2. The summed E-state index contributed by atoms with van der Waals surface area (Å²) in [5, 5.41) is 15.2. The molecule has 3 aromatic rings. The molecular weight excluding hydrogens is 480 g/mol. The lowest BCUT2D eigenvalue weighted by Crippen LogP contribution is -2.38.